The second-order valence-electron chi connectivity index (χ2n) is 6.98. The quantitative estimate of drug-likeness (QED) is 0.626. The van der Waals surface area contributed by atoms with Crippen molar-refractivity contribution >= 4 is 23.0 Å². The number of carbonyl (C=O) groups is 2. The fraction of sp³-hybridized carbons (Fsp3) is 0.182. The number of hydrogen-bond donors (Lipinski definition) is 1. The minimum atomic E-state index is -0.792. The number of aryl methyl sites for hydroxylation is 2. The lowest BCUT2D eigenvalue weighted by Gasteiger charge is -2.26. The monoisotopic (exact) mass is 423 g/mol. The Morgan fingerprint density at radius 3 is 2.43 bits per heavy atom. The first-order valence-electron chi connectivity index (χ1n) is 9.24. The highest BCUT2D eigenvalue weighted by Crippen LogP contribution is 2.40. The first-order valence-corrected chi connectivity index (χ1v) is 10.1. The van der Waals surface area contributed by atoms with Gasteiger partial charge in [-0.25, -0.2) is 9.37 Å². The van der Waals surface area contributed by atoms with Gasteiger partial charge in [0.25, 0.3) is 5.91 Å². The van der Waals surface area contributed by atoms with Gasteiger partial charge in [-0.3, -0.25) is 14.6 Å². The van der Waals surface area contributed by atoms with Crippen molar-refractivity contribution < 1.29 is 19.1 Å². The van der Waals surface area contributed by atoms with E-state index >= 15 is 0 Å². The highest BCUT2D eigenvalue weighted by molar-refractivity contribution is 7.14. The third kappa shape index (κ3) is 3.50. The molecule has 1 atom stereocenters. The number of rotatable bonds is 5. The molecule has 0 saturated heterocycles. The van der Waals surface area contributed by atoms with E-state index in [4.69, 9.17) is 0 Å². The van der Waals surface area contributed by atoms with Crippen LogP contribution in [0.3, 0.4) is 0 Å². The lowest BCUT2D eigenvalue weighted by Crippen LogP contribution is -2.30. The number of amides is 1. The molecule has 8 heteroatoms. The summed E-state index contributed by atoms with van der Waals surface area (Å²) in [6, 6.07) is 8.36. The van der Waals surface area contributed by atoms with E-state index in [1.807, 2.05) is 0 Å². The molecule has 1 aliphatic rings. The maximum atomic E-state index is 13.4. The zero-order valence-electron chi connectivity index (χ0n) is 16.3. The first-order chi connectivity index (χ1) is 14.4. The molecule has 3 aromatic rings. The number of hydrogen-bond acceptors (Lipinski definition) is 6. The van der Waals surface area contributed by atoms with Gasteiger partial charge in [-0.15, -0.1) is 11.3 Å². The molecule has 30 heavy (non-hydrogen) atoms. The average molecular weight is 423 g/mol. The van der Waals surface area contributed by atoms with E-state index in [1.165, 1.54) is 28.4 Å². The molecule has 1 N–H and O–H groups in total. The molecular weight excluding hydrogens is 405 g/mol. The van der Waals surface area contributed by atoms with Crippen LogP contribution >= 0.6 is 11.3 Å². The molecule has 3 heterocycles. The normalized spacial score (nSPS) is 16.4. The van der Waals surface area contributed by atoms with Gasteiger partial charge in [0.15, 0.2) is 5.76 Å². The van der Waals surface area contributed by atoms with Crippen molar-refractivity contribution in [3.05, 3.63) is 92.6 Å². The Bertz CT molecular complexity index is 1160. The van der Waals surface area contributed by atoms with Crippen molar-refractivity contribution in [2.75, 3.05) is 0 Å². The second kappa shape index (κ2) is 7.79. The summed E-state index contributed by atoms with van der Waals surface area (Å²) in [5.41, 5.74) is 1.89. The predicted molar refractivity (Wildman–Crippen MR) is 110 cm³/mol. The minimum absolute atomic E-state index is 0.0139. The van der Waals surface area contributed by atoms with Gasteiger partial charge in [0.05, 0.1) is 27.2 Å². The standard InChI is InChI=1S/C22H18FN3O3S/c1-12-21(30-13(2)25-12)19(27)17-18(15-7-9-24-10-8-15)26(22(29)20(17)28)11-14-3-5-16(23)6-4-14/h3-10,18,28H,11H2,1-2H3. The third-order valence-electron chi connectivity index (χ3n) is 4.95. The summed E-state index contributed by atoms with van der Waals surface area (Å²) in [4.78, 5) is 36.4. The van der Waals surface area contributed by atoms with E-state index in [-0.39, 0.29) is 17.9 Å². The van der Waals surface area contributed by atoms with Gasteiger partial charge in [0.2, 0.25) is 5.78 Å². The molecule has 4 rings (SSSR count). The predicted octanol–water partition coefficient (Wildman–Crippen LogP) is 4.07. The van der Waals surface area contributed by atoms with Gasteiger partial charge in [-0.05, 0) is 49.2 Å². The molecule has 0 fully saturated rings. The van der Waals surface area contributed by atoms with Gasteiger partial charge >= 0.3 is 0 Å². The SMILES string of the molecule is Cc1nc(C)c(C(=O)C2=C(O)C(=O)N(Cc3ccc(F)cc3)C2c2ccncc2)s1. The largest absolute Gasteiger partial charge is 0.503 e. The zero-order valence-corrected chi connectivity index (χ0v) is 17.1. The Labute approximate surface area is 176 Å². The molecule has 0 saturated carbocycles. The average Bonchev–Trinajstić information content (AvgIpc) is 3.20. The van der Waals surface area contributed by atoms with Crippen LogP contribution in [-0.2, 0) is 11.3 Å². The molecule has 0 spiro atoms. The Kier molecular flexibility index (Phi) is 5.17. The molecule has 0 bridgehead atoms. The van der Waals surface area contributed by atoms with E-state index in [1.54, 1.807) is 50.5 Å². The maximum Gasteiger partial charge on any atom is 0.290 e. The zero-order chi connectivity index (χ0) is 21.4. The third-order valence-corrected chi connectivity index (χ3v) is 6.02. The first kappa shape index (κ1) is 19.9. The molecule has 0 radical (unpaired) electrons. The molecule has 1 amide bonds. The lowest BCUT2D eigenvalue weighted by atomic mass is 9.95. The van der Waals surface area contributed by atoms with E-state index in [0.717, 1.165) is 5.01 Å². The van der Waals surface area contributed by atoms with Gasteiger partial charge in [-0.2, -0.15) is 0 Å². The summed E-state index contributed by atoms with van der Waals surface area (Å²) in [5, 5.41) is 11.4. The van der Waals surface area contributed by atoms with E-state index in [9.17, 15) is 19.1 Å². The number of nitrogens with zero attached hydrogens (tertiary/aromatic N) is 3. The summed E-state index contributed by atoms with van der Waals surface area (Å²) in [7, 11) is 0. The smallest absolute Gasteiger partial charge is 0.290 e. The van der Waals surface area contributed by atoms with E-state index in [2.05, 4.69) is 9.97 Å². The number of thiazole rings is 1. The summed E-state index contributed by atoms with van der Waals surface area (Å²) < 4.78 is 13.3. The number of carbonyl (C=O) groups excluding carboxylic acids is 2. The van der Waals surface area contributed by atoms with Crippen LogP contribution in [0.15, 0.2) is 60.1 Å². The summed E-state index contributed by atoms with van der Waals surface area (Å²) >= 11 is 1.23. The van der Waals surface area contributed by atoms with E-state index < -0.39 is 23.5 Å². The van der Waals surface area contributed by atoms with Crippen LogP contribution in [0.2, 0.25) is 0 Å². The van der Waals surface area contributed by atoms with Crippen molar-refractivity contribution in [3.8, 4) is 0 Å². The van der Waals surface area contributed by atoms with Crippen molar-refractivity contribution in [2.24, 2.45) is 0 Å². The molecule has 2 aromatic heterocycles. The molecule has 1 aromatic carbocycles. The van der Waals surface area contributed by atoms with Crippen LogP contribution in [0, 0.1) is 19.7 Å². The summed E-state index contributed by atoms with van der Waals surface area (Å²) in [5.74, 6) is -2.03. The number of benzene rings is 1. The fourth-order valence-corrected chi connectivity index (χ4v) is 4.47. The number of ketones is 1. The van der Waals surface area contributed by atoms with Gasteiger partial charge in [-0.1, -0.05) is 12.1 Å². The van der Waals surface area contributed by atoms with Gasteiger partial charge < -0.3 is 10.0 Å². The Hall–Kier alpha value is -3.39. The van der Waals surface area contributed by atoms with Crippen LogP contribution in [-0.4, -0.2) is 31.7 Å². The van der Waals surface area contributed by atoms with Crippen LogP contribution < -0.4 is 0 Å². The summed E-state index contributed by atoms with van der Waals surface area (Å²) in [6.45, 7) is 3.63. The van der Waals surface area contributed by atoms with Crippen molar-refractivity contribution in [1.82, 2.24) is 14.9 Å². The Morgan fingerprint density at radius 2 is 1.83 bits per heavy atom. The number of halogens is 1. The van der Waals surface area contributed by atoms with Gasteiger partial charge in [0.1, 0.15) is 5.82 Å². The highest BCUT2D eigenvalue weighted by Gasteiger charge is 2.44. The van der Waals surface area contributed by atoms with Crippen LogP contribution in [0.4, 0.5) is 4.39 Å². The van der Waals surface area contributed by atoms with Crippen molar-refractivity contribution in [3.63, 3.8) is 0 Å². The van der Waals surface area contributed by atoms with Crippen LogP contribution in [0.25, 0.3) is 0 Å². The Balaban J connectivity index is 1.79. The van der Waals surface area contributed by atoms with Crippen LogP contribution in [0.1, 0.15) is 37.5 Å². The van der Waals surface area contributed by atoms with Crippen LogP contribution in [0.5, 0.6) is 0 Å². The lowest BCUT2D eigenvalue weighted by molar-refractivity contribution is -0.130. The molecule has 6 nitrogen and oxygen atoms in total. The second-order valence-corrected chi connectivity index (χ2v) is 8.18. The fourth-order valence-electron chi connectivity index (χ4n) is 3.59. The molecule has 1 aliphatic heterocycles. The molecule has 1 unspecified atom stereocenters. The topological polar surface area (TPSA) is 83.4 Å². The van der Waals surface area contributed by atoms with Crippen molar-refractivity contribution in [2.45, 2.75) is 26.4 Å². The minimum Gasteiger partial charge on any atom is -0.503 e. The molecular formula is C22H18FN3O3S. The van der Waals surface area contributed by atoms with Crippen molar-refractivity contribution in [1.29, 1.82) is 0 Å². The van der Waals surface area contributed by atoms with Gasteiger partial charge in [0, 0.05) is 18.9 Å². The highest BCUT2D eigenvalue weighted by atomic mass is 32.1. The molecule has 0 aliphatic carbocycles. The number of aromatic nitrogens is 2. The number of Topliss-reactive ketones (excluding diaryl/α,β-unsaturated/α-hetero) is 1. The maximum absolute atomic E-state index is 13.4. The summed E-state index contributed by atoms with van der Waals surface area (Å²) in [6.07, 6.45) is 3.13. The van der Waals surface area contributed by atoms with E-state index in [0.29, 0.717) is 21.7 Å². The number of aliphatic hydroxyl groups is 1. The Morgan fingerprint density at radius 1 is 1.17 bits per heavy atom. The number of aliphatic hydroxyl groups excluding tert-OH is 1. The number of pyridine rings is 1. The molecule has 152 valence electrons.